The van der Waals surface area contributed by atoms with Crippen LogP contribution in [0.3, 0.4) is 0 Å². The summed E-state index contributed by atoms with van der Waals surface area (Å²) >= 11 is 6.45. The van der Waals surface area contributed by atoms with Gasteiger partial charge in [-0.25, -0.2) is 4.79 Å². The average Bonchev–Trinajstić information content (AvgIpc) is 3.23. The summed E-state index contributed by atoms with van der Waals surface area (Å²) in [5.41, 5.74) is 4.22. The van der Waals surface area contributed by atoms with E-state index in [0.717, 1.165) is 41.5 Å². The van der Waals surface area contributed by atoms with Gasteiger partial charge in [-0.2, -0.15) is 10.1 Å². The van der Waals surface area contributed by atoms with Gasteiger partial charge in [0.15, 0.2) is 0 Å². The lowest BCUT2D eigenvalue weighted by molar-refractivity contribution is -0.125. The molecule has 0 bridgehead atoms. The SMILES string of the molecule is CCOC(=O)c1ccc(N2N=C(C)[C@]3(Cc4ccc(Cl)cc4N4CCN(c5ccc(OC)cc5)C[C@@H]43)C2=O)cc1. The summed E-state index contributed by atoms with van der Waals surface area (Å²) in [6.07, 6.45) is 0.530. The molecular formula is C31H31ClN4O4. The van der Waals surface area contributed by atoms with Gasteiger partial charge in [0, 0.05) is 36.0 Å². The van der Waals surface area contributed by atoms with E-state index in [2.05, 4.69) is 21.9 Å². The molecular weight excluding hydrogens is 528 g/mol. The van der Waals surface area contributed by atoms with E-state index < -0.39 is 11.4 Å². The summed E-state index contributed by atoms with van der Waals surface area (Å²) in [6.45, 7) is 6.21. The van der Waals surface area contributed by atoms with Crippen molar-refractivity contribution in [3.05, 3.63) is 82.9 Å². The van der Waals surface area contributed by atoms with Gasteiger partial charge >= 0.3 is 5.97 Å². The van der Waals surface area contributed by atoms with E-state index in [0.29, 0.717) is 35.8 Å². The van der Waals surface area contributed by atoms with Crippen molar-refractivity contribution < 1.29 is 19.1 Å². The van der Waals surface area contributed by atoms with E-state index in [1.807, 2.05) is 37.3 Å². The lowest BCUT2D eigenvalue weighted by Gasteiger charge is -2.53. The smallest absolute Gasteiger partial charge is 0.338 e. The lowest BCUT2D eigenvalue weighted by atomic mass is 9.67. The number of piperazine rings is 1. The van der Waals surface area contributed by atoms with Crippen molar-refractivity contribution in [1.82, 2.24) is 0 Å². The molecule has 40 heavy (non-hydrogen) atoms. The normalized spacial score (nSPS) is 21.7. The monoisotopic (exact) mass is 558 g/mol. The Bertz CT molecular complexity index is 1490. The summed E-state index contributed by atoms with van der Waals surface area (Å²) in [4.78, 5) is 31.3. The number of halogens is 1. The Hall–Kier alpha value is -4.04. The second kappa shape index (κ2) is 10.2. The van der Waals surface area contributed by atoms with Crippen LogP contribution in [0.25, 0.3) is 0 Å². The Morgan fingerprint density at radius 3 is 2.48 bits per heavy atom. The van der Waals surface area contributed by atoms with Crippen LogP contribution in [0.5, 0.6) is 5.75 Å². The number of hydrogen-bond acceptors (Lipinski definition) is 7. The van der Waals surface area contributed by atoms with Gasteiger partial charge in [0.05, 0.1) is 36.7 Å². The minimum atomic E-state index is -0.855. The van der Waals surface area contributed by atoms with E-state index in [9.17, 15) is 9.59 Å². The molecule has 2 atom stereocenters. The number of nitrogens with zero attached hydrogens (tertiary/aromatic N) is 4. The molecule has 0 unspecified atom stereocenters. The Morgan fingerprint density at radius 2 is 1.77 bits per heavy atom. The first-order chi connectivity index (χ1) is 19.3. The zero-order chi connectivity index (χ0) is 28.0. The molecule has 9 heteroatoms. The van der Waals surface area contributed by atoms with E-state index >= 15 is 0 Å². The Labute approximate surface area is 238 Å². The predicted molar refractivity (Wildman–Crippen MR) is 157 cm³/mol. The minimum absolute atomic E-state index is 0.0685. The molecule has 8 nitrogen and oxygen atoms in total. The molecule has 0 radical (unpaired) electrons. The molecule has 3 aromatic carbocycles. The summed E-state index contributed by atoms with van der Waals surface area (Å²) in [5, 5.41) is 7.00. The van der Waals surface area contributed by atoms with E-state index in [-0.39, 0.29) is 11.9 Å². The van der Waals surface area contributed by atoms with Crippen LogP contribution in [0.2, 0.25) is 5.02 Å². The van der Waals surface area contributed by atoms with Gasteiger partial charge in [0.1, 0.15) is 11.2 Å². The Balaban J connectivity index is 1.38. The van der Waals surface area contributed by atoms with Crippen LogP contribution in [-0.4, -0.2) is 57.0 Å². The Morgan fingerprint density at radius 1 is 1.05 bits per heavy atom. The first-order valence-electron chi connectivity index (χ1n) is 13.5. The van der Waals surface area contributed by atoms with Gasteiger partial charge < -0.3 is 19.3 Å². The summed E-state index contributed by atoms with van der Waals surface area (Å²) in [5.74, 6) is 0.344. The second-order valence-corrected chi connectivity index (χ2v) is 10.8. The maximum atomic E-state index is 14.5. The highest BCUT2D eigenvalue weighted by atomic mass is 35.5. The molecule has 3 aromatic rings. The number of methoxy groups -OCH3 is 1. The number of ether oxygens (including phenoxy) is 2. The van der Waals surface area contributed by atoms with Gasteiger partial charge in [0.2, 0.25) is 0 Å². The quantitative estimate of drug-likeness (QED) is 0.401. The van der Waals surface area contributed by atoms with Gasteiger partial charge in [-0.05, 0) is 86.5 Å². The van der Waals surface area contributed by atoms with Crippen molar-refractivity contribution in [2.24, 2.45) is 10.5 Å². The largest absolute Gasteiger partial charge is 0.497 e. The van der Waals surface area contributed by atoms with Crippen LogP contribution in [0.15, 0.2) is 71.8 Å². The standard InChI is InChI=1S/C31H31ClN4O4/c1-4-40-29(37)21-6-9-25(10-7-21)36-30(38)31(20(2)33-36)18-22-5-8-23(32)17-27(22)35-16-15-34(19-28(31)35)24-11-13-26(39-3)14-12-24/h5-14,17,28H,4,15-16,18-19H2,1-3H3/t28-,31+/m1/s1. The summed E-state index contributed by atoms with van der Waals surface area (Å²) in [6, 6.07) is 20.7. The van der Waals surface area contributed by atoms with E-state index in [1.54, 1.807) is 38.3 Å². The van der Waals surface area contributed by atoms with E-state index in [1.165, 1.54) is 5.01 Å². The summed E-state index contributed by atoms with van der Waals surface area (Å²) in [7, 11) is 1.66. The average molecular weight is 559 g/mol. The molecule has 1 fully saturated rings. The van der Waals surface area contributed by atoms with Crippen molar-refractivity contribution in [3.8, 4) is 5.75 Å². The fraction of sp³-hybridized carbons (Fsp3) is 0.323. The van der Waals surface area contributed by atoms with Crippen molar-refractivity contribution in [3.63, 3.8) is 0 Å². The Kier molecular flexibility index (Phi) is 6.66. The number of esters is 1. The number of anilines is 3. The van der Waals surface area contributed by atoms with Gasteiger partial charge in [-0.1, -0.05) is 17.7 Å². The number of hydrogen-bond donors (Lipinski definition) is 0. The molecule has 3 aliphatic rings. The fourth-order valence-corrected chi connectivity index (χ4v) is 6.40. The topological polar surface area (TPSA) is 74.7 Å². The highest BCUT2D eigenvalue weighted by molar-refractivity contribution is 6.31. The first-order valence-corrected chi connectivity index (χ1v) is 13.8. The number of amides is 1. The molecule has 0 N–H and O–H groups in total. The third-order valence-electron chi connectivity index (χ3n) is 8.31. The minimum Gasteiger partial charge on any atom is -0.497 e. The number of carbonyl (C=O) groups excluding carboxylic acids is 2. The number of hydrazone groups is 1. The molecule has 1 spiro atoms. The number of rotatable bonds is 5. The van der Waals surface area contributed by atoms with Crippen LogP contribution >= 0.6 is 11.6 Å². The van der Waals surface area contributed by atoms with Gasteiger partial charge in [-0.15, -0.1) is 0 Å². The van der Waals surface area contributed by atoms with Crippen molar-refractivity contribution in [1.29, 1.82) is 0 Å². The van der Waals surface area contributed by atoms with Crippen LogP contribution in [0.4, 0.5) is 17.1 Å². The van der Waals surface area contributed by atoms with Crippen LogP contribution < -0.4 is 19.5 Å². The molecule has 0 aromatic heterocycles. The first kappa shape index (κ1) is 26.2. The highest BCUT2D eigenvalue weighted by Gasteiger charge is 2.60. The third-order valence-corrected chi connectivity index (χ3v) is 8.54. The van der Waals surface area contributed by atoms with Crippen LogP contribution in [0, 0.1) is 5.41 Å². The fourth-order valence-electron chi connectivity index (χ4n) is 6.24. The zero-order valence-electron chi connectivity index (χ0n) is 22.8. The molecule has 3 aliphatic heterocycles. The number of benzene rings is 3. The number of fused-ring (bicyclic) bond motifs is 4. The molecule has 6 rings (SSSR count). The van der Waals surface area contributed by atoms with Crippen LogP contribution in [0.1, 0.15) is 29.8 Å². The predicted octanol–water partition coefficient (Wildman–Crippen LogP) is 5.19. The molecule has 0 saturated carbocycles. The van der Waals surface area contributed by atoms with Gasteiger partial charge in [-0.3, -0.25) is 4.79 Å². The van der Waals surface area contributed by atoms with Crippen molar-refractivity contribution >= 4 is 46.3 Å². The molecule has 0 aliphatic carbocycles. The maximum absolute atomic E-state index is 14.5. The third kappa shape index (κ3) is 4.18. The van der Waals surface area contributed by atoms with Crippen LogP contribution in [-0.2, 0) is 16.0 Å². The van der Waals surface area contributed by atoms with Crippen molar-refractivity contribution in [2.45, 2.75) is 26.3 Å². The maximum Gasteiger partial charge on any atom is 0.338 e. The number of carbonyl (C=O) groups is 2. The zero-order valence-corrected chi connectivity index (χ0v) is 23.5. The van der Waals surface area contributed by atoms with E-state index in [4.69, 9.17) is 26.2 Å². The molecule has 1 saturated heterocycles. The summed E-state index contributed by atoms with van der Waals surface area (Å²) < 4.78 is 10.5. The van der Waals surface area contributed by atoms with Crippen molar-refractivity contribution in [2.75, 3.05) is 48.2 Å². The highest BCUT2D eigenvalue weighted by Crippen LogP contribution is 2.49. The van der Waals surface area contributed by atoms with Gasteiger partial charge in [0.25, 0.3) is 5.91 Å². The second-order valence-electron chi connectivity index (χ2n) is 10.3. The molecule has 3 heterocycles. The molecule has 206 valence electrons. The lowest BCUT2D eigenvalue weighted by Crippen LogP contribution is -2.67. The molecule has 1 amide bonds.